The molecule has 0 aliphatic heterocycles. The Balaban J connectivity index is 1.52. The number of anilines is 1. The Morgan fingerprint density at radius 1 is 1.15 bits per heavy atom. The van der Waals surface area contributed by atoms with Crippen molar-refractivity contribution < 1.29 is 9.53 Å². The Morgan fingerprint density at radius 2 is 1.92 bits per heavy atom. The van der Waals surface area contributed by atoms with Crippen LogP contribution < -0.4 is 5.32 Å². The topological polar surface area (TPSA) is 76.5 Å². The van der Waals surface area contributed by atoms with E-state index in [2.05, 4.69) is 20.3 Å². The van der Waals surface area contributed by atoms with Gasteiger partial charge in [-0.3, -0.25) is 10.3 Å². The third-order valence-corrected chi connectivity index (χ3v) is 4.35. The maximum atomic E-state index is 11.9. The molecule has 1 aromatic heterocycles. The van der Waals surface area contributed by atoms with Crippen molar-refractivity contribution in [2.45, 2.75) is 51.2 Å². The predicted octanol–water partition coefficient (Wildman–Crippen LogP) is 4.37. The van der Waals surface area contributed by atoms with E-state index in [0.29, 0.717) is 11.7 Å². The molecule has 26 heavy (non-hydrogen) atoms. The summed E-state index contributed by atoms with van der Waals surface area (Å²) in [6.45, 7) is 0.204. The molecule has 0 atom stereocenters. The number of hydrogen-bond donors (Lipinski definition) is 1. The first-order valence-electron chi connectivity index (χ1n) is 9.13. The zero-order valence-electron chi connectivity index (χ0n) is 14.8. The van der Waals surface area contributed by atoms with Gasteiger partial charge in [-0.05, 0) is 24.5 Å². The molecule has 2 aromatic rings. The van der Waals surface area contributed by atoms with Crippen molar-refractivity contribution in [1.82, 2.24) is 9.97 Å². The van der Waals surface area contributed by atoms with Crippen LogP contribution in [0.2, 0.25) is 0 Å². The fourth-order valence-corrected chi connectivity index (χ4v) is 2.94. The minimum absolute atomic E-state index is 0.204. The fourth-order valence-electron chi connectivity index (χ4n) is 2.94. The number of benzene rings is 1. The molecule has 1 aliphatic carbocycles. The lowest BCUT2D eigenvalue weighted by Gasteiger charge is -2.08. The molecule has 1 N–H and O–H groups in total. The highest BCUT2D eigenvalue weighted by Crippen LogP contribution is 2.19. The maximum absolute atomic E-state index is 11.9. The lowest BCUT2D eigenvalue weighted by atomic mass is 10.1. The van der Waals surface area contributed by atoms with Crippen LogP contribution in [0, 0.1) is 0 Å². The van der Waals surface area contributed by atoms with Crippen LogP contribution in [0.25, 0.3) is 0 Å². The average Bonchev–Trinajstić information content (AvgIpc) is 2.95. The van der Waals surface area contributed by atoms with E-state index in [4.69, 9.17) is 4.74 Å². The molecule has 136 valence electrons. The quantitative estimate of drug-likeness (QED) is 0.640. The SMILES string of the molecule is O=C(Nc1nccc(C=NC2CCCCCC2)n1)OCc1ccccc1. The normalized spacial score (nSPS) is 15.5. The lowest BCUT2D eigenvalue weighted by molar-refractivity contribution is 0.155. The number of aliphatic imine (C=N–C) groups is 1. The van der Waals surface area contributed by atoms with Crippen LogP contribution >= 0.6 is 0 Å². The summed E-state index contributed by atoms with van der Waals surface area (Å²) in [5, 5.41) is 2.56. The summed E-state index contributed by atoms with van der Waals surface area (Å²) in [6.07, 6.45) is 10.2. The lowest BCUT2D eigenvalue weighted by Crippen LogP contribution is -2.16. The second kappa shape index (κ2) is 9.65. The summed E-state index contributed by atoms with van der Waals surface area (Å²) in [6, 6.07) is 11.7. The van der Waals surface area contributed by atoms with Crippen molar-refractivity contribution in [2.75, 3.05) is 5.32 Å². The van der Waals surface area contributed by atoms with Gasteiger partial charge in [-0.15, -0.1) is 0 Å². The van der Waals surface area contributed by atoms with E-state index >= 15 is 0 Å². The van der Waals surface area contributed by atoms with Gasteiger partial charge in [-0.1, -0.05) is 56.0 Å². The zero-order valence-corrected chi connectivity index (χ0v) is 14.8. The molecule has 3 rings (SSSR count). The number of ether oxygens (including phenoxy) is 1. The molecule has 1 aliphatic rings. The van der Waals surface area contributed by atoms with Crippen molar-refractivity contribution in [2.24, 2.45) is 4.99 Å². The molecule has 0 radical (unpaired) electrons. The largest absolute Gasteiger partial charge is 0.444 e. The van der Waals surface area contributed by atoms with Gasteiger partial charge in [0.25, 0.3) is 0 Å². The van der Waals surface area contributed by atoms with Gasteiger partial charge < -0.3 is 4.74 Å². The molecule has 0 spiro atoms. The van der Waals surface area contributed by atoms with Crippen molar-refractivity contribution >= 4 is 18.3 Å². The molecule has 6 heteroatoms. The number of carbonyl (C=O) groups excluding carboxylic acids is 1. The molecule has 1 saturated carbocycles. The van der Waals surface area contributed by atoms with Gasteiger partial charge in [0.15, 0.2) is 0 Å². The van der Waals surface area contributed by atoms with Crippen molar-refractivity contribution in [1.29, 1.82) is 0 Å². The standard InChI is InChI=1S/C20H24N4O2/c25-20(26-15-16-8-4-3-5-9-16)24-19-21-13-12-18(23-19)14-22-17-10-6-1-2-7-11-17/h3-5,8-9,12-14,17H,1-2,6-7,10-11,15H2,(H,21,23,24,25). The molecule has 1 fully saturated rings. The highest BCUT2D eigenvalue weighted by Gasteiger charge is 2.10. The van der Waals surface area contributed by atoms with E-state index in [0.717, 1.165) is 18.4 Å². The first kappa shape index (κ1) is 18.0. The van der Waals surface area contributed by atoms with E-state index in [1.807, 2.05) is 30.3 Å². The number of nitrogens with zero attached hydrogens (tertiary/aromatic N) is 3. The van der Waals surface area contributed by atoms with Gasteiger partial charge in [0.2, 0.25) is 5.95 Å². The Hall–Kier alpha value is -2.76. The van der Waals surface area contributed by atoms with Crippen LogP contribution in [0.5, 0.6) is 0 Å². The number of nitrogens with one attached hydrogen (secondary N) is 1. The van der Waals surface area contributed by atoms with Crippen LogP contribution in [-0.4, -0.2) is 28.3 Å². The zero-order chi connectivity index (χ0) is 18.0. The molecular weight excluding hydrogens is 328 g/mol. The summed E-state index contributed by atoms with van der Waals surface area (Å²) in [4.78, 5) is 24.9. The highest BCUT2D eigenvalue weighted by molar-refractivity contribution is 5.83. The maximum Gasteiger partial charge on any atom is 0.414 e. The minimum atomic E-state index is -0.577. The van der Waals surface area contributed by atoms with Crippen LogP contribution in [-0.2, 0) is 11.3 Å². The molecule has 0 unspecified atom stereocenters. The van der Waals surface area contributed by atoms with Crippen molar-refractivity contribution in [3.63, 3.8) is 0 Å². The van der Waals surface area contributed by atoms with E-state index in [1.54, 1.807) is 18.5 Å². The first-order chi connectivity index (χ1) is 12.8. The van der Waals surface area contributed by atoms with Gasteiger partial charge in [-0.2, -0.15) is 0 Å². The monoisotopic (exact) mass is 352 g/mol. The van der Waals surface area contributed by atoms with Gasteiger partial charge in [0, 0.05) is 12.4 Å². The summed E-state index contributed by atoms with van der Waals surface area (Å²) in [7, 11) is 0. The van der Waals surface area contributed by atoms with Gasteiger partial charge in [-0.25, -0.2) is 14.8 Å². The average molecular weight is 352 g/mol. The first-order valence-corrected chi connectivity index (χ1v) is 9.13. The Bertz CT molecular complexity index is 726. The molecule has 1 aromatic carbocycles. The third kappa shape index (κ3) is 5.95. The third-order valence-electron chi connectivity index (χ3n) is 4.35. The van der Waals surface area contributed by atoms with Gasteiger partial charge >= 0.3 is 6.09 Å². The van der Waals surface area contributed by atoms with Gasteiger partial charge in [0.1, 0.15) is 6.61 Å². The molecule has 1 heterocycles. The van der Waals surface area contributed by atoms with E-state index < -0.39 is 6.09 Å². The Kier molecular flexibility index (Phi) is 6.70. The van der Waals surface area contributed by atoms with Crippen LogP contribution in [0.4, 0.5) is 10.7 Å². The summed E-state index contributed by atoms with van der Waals surface area (Å²) in [5.74, 6) is 0.216. The molecular formula is C20H24N4O2. The Labute approximate surface area is 153 Å². The fraction of sp³-hybridized carbons (Fsp3) is 0.400. The van der Waals surface area contributed by atoms with Gasteiger partial charge in [0.05, 0.1) is 11.7 Å². The number of hydrogen-bond acceptors (Lipinski definition) is 5. The minimum Gasteiger partial charge on any atom is -0.444 e. The summed E-state index contributed by atoms with van der Waals surface area (Å²) < 4.78 is 5.18. The Morgan fingerprint density at radius 3 is 2.69 bits per heavy atom. The smallest absolute Gasteiger partial charge is 0.414 e. The molecule has 1 amide bonds. The molecule has 0 bridgehead atoms. The molecule has 0 saturated heterocycles. The molecule has 6 nitrogen and oxygen atoms in total. The second-order valence-corrected chi connectivity index (χ2v) is 6.42. The van der Waals surface area contributed by atoms with E-state index in [1.165, 1.54) is 25.7 Å². The van der Waals surface area contributed by atoms with E-state index in [9.17, 15) is 4.79 Å². The van der Waals surface area contributed by atoms with Crippen LogP contribution in [0.15, 0.2) is 47.6 Å². The predicted molar refractivity (Wildman–Crippen MR) is 101 cm³/mol. The number of carbonyl (C=O) groups is 1. The van der Waals surface area contributed by atoms with Crippen LogP contribution in [0.1, 0.15) is 49.8 Å². The van der Waals surface area contributed by atoms with E-state index in [-0.39, 0.29) is 12.6 Å². The number of rotatable bonds is 5. The summed E-state index contributed by atoms with van der Waals surface area (Å²) in [5.41, 5.74) is 1.61. The van der Waals surface area contributed by atoms with Crippen molar-refractivity contribution in [3.8, 4) is 0 Å². The highest BCUT2D eigenvalue weighted by atomic mass is 16.5. The second-order valence-electron chi connectivity index (χ2n) is 6.42. The number of amides is 1. The number of aromatic nitrogens is 2. The van der Waals surface area contributed by atoms with Crippen molar-refractivity contribution in [3.05, 3.63) is 53.9 Å². The van der Waals surface area contributed by atoms with Crippen LogP contribution in [0.3, 0.4) is 0 Å². The summed E-state index contributed by atoms with van der Waals surface area (Å²) >= 11 is 0.